The molecule has 0 atom stereocenters. The molecular weight excluding hydrogens is 358 g/mol. The van der Waals surface area contributed by atoms with Crippen molar-refractivity contribution in [2.24, 2.45) is 0 Å². The van der Waals surface area contributed by atoms with Crippen LogP contribution in [0, 0.1) is 0 Å². The monoisotopic (exact) mass is 377 g/mol. The summed E-state index contributed by atoms with van der Waals surface area (Å²) in [5, 5.41) is 2.86. The Morgan fingerprint density at radius 1 is 1.17 bits per heavy atom. The molecule has 23 heavy (non-hydrogen) atoms. The number of carbonyl (C=O) groups is 1. The first-order valence-corrected chi connectivity index (χ1v) is 8.31. The van der Waals surface area contributed by atoms with E-state index in [-0.39, 0.29) is 5.91 Å². The molecule has 1 amide bonds. The van der Waals surface area contributed by atoms with E-state index in [9.17, 15) is 4.79 Å². The minimum absolute atomic E-state index is 0.173. The second kappa shape index (κ2) is 8.58. The first kappa shape index (κ1) is 17.3. The van der Waals surface area contributed by atoms with Crippen LogP contribution in [0.25, 0.3) is 0 Å². The van der Waals surface area contributed by atoms with Gasteiger partial charge in [-0.1, -0.05) is 13.3 Å². The Morgan fingerprint density at radius 3 is 2.52 bits per heavy atom. The predicted octanol–water partition coefficient (Wildman–Crippen LogP) is 4.89. The van der Waals surface area contributed by atoms with E-state index in [1.54, 1.807) is 25.3 Å². The number of hydrogen-bond acceptors (Lipinski definition) is 3. The molecule has 0 fully saturated rings. The van der Waals surface area contributed by atoms with Crippen LogP contribution in [0.1, 0.15) is 30.1 Å². The quantitative estimate of drug-likeness (QED) is 0.698. The molecule has 4 nitrogen and oxygen atoms in total. The first-order chi connectivity index (χ1) is 11.1. The van der Waals surface area contributed by atoms with E-state index in [0.29, 0.717) is 17.9 Å². The van der Waals surface area contributed by atoms with Gasteiger partial charge in [-0.25, -0.2) is 0 Å². The topological polar surface area (TPSA) is 47.6 Å². The fourth-order valence-corrected chi connectivity index (χ4v) is 2.52. The van der Waals surface area contributed by atoms with Crippen molar-refractivity contribution >= 4 is 27.5 Å². The van der Waals surface area contributed by atoms with Crippen molar-refractivity contribution in [3.05, 3.63) is 52.5 Å². The number of anilines is 1. The average molecular weight is 378 g/mol. The third kappa shape index (κ3) is 4.99. The third-order valence-electron chi connectivity index (χ3n) is 3.29. The molecule has 0 aliphatic rings. The molecule has 0 bridgehead atoms. The van der Waals surface area contributed by atoms with Crippen molar-refractivity contribution in [2.75, 3.05) is 19.0 Å². The Bertz CT molecular complexity index is 656. The van der Waals surface area contributed by atoms with Gasteiger partial charge in [-0.2, -0.15) is 0 Å². The lowest BCUT2D eigenvalue weighted by Gasteiger charge is -2.09. The van der Waals surface area contributed by atoms with Crippen LogP contribution >= 0.6 is 15.9 Å². The summed E-state index contributed by atoms with van der Waals surface area (Å²) in [5.74, 6) is 1.33. The van der Waals surface area contributed by atoms with Crippen LogP contribution in [-0.2, 0) is 0 Å². The van der Waals surface area contributed by atoms with Crippen LogP contribution < -0.4 is 14.8 Å². The van der Waals surface area contributed by atoms with E-state index in [0.717, 1.165) is 28.8 Å². The summed E-state index contributed by atoms with van der Waals surface area (Å²) < 4.78 is 11.5. The van der Waals surface area contributed by atoms with Gasteiger partial charge in [-0.05, 0) is 64.8 Å². The van der Waals surface area contributed by atoms with Gasteiger partial charge < -0.3 is 14.8 Å². The molecule has 0 saturated carbocycles. The largest absolute Gasteiger partial charge is 0.496 e. The molecule has 5 heteroatoms. The van der Waals surface area contributed by atoms with Gasteiger partial charge in [0.05, 0.1) is 18.2 Å². The number of rotatable bonds is 7. The third-order valence-corrected chi connectivity index (χ3v) is 3.91. The van der Waals surface area contributed by atoms with Crippen LogP contribution in [0.4, 0.5) is 5.69 Å². The predicted molar refractivity (Wildman–Crippen MR) is 95.5 cm³/mol. The fraction of sp³-hybridized carbons (Fsp3) is 0.278. The molecule has 1 N–H and O–H groups in total. The molecule has 0 aromatic heterocycles. The first-order valence-electron chi connectivity index (χ1n) is 7.51. The molecule has 2 rings (SSSR count). The van der Waals surface area contributed by atoms with Crippen molar-refractivity contribution in [1.29, 1.82) is 0 Å². The SMILES string of the molecule is CCCCOc1ccc(NC(=O)c2ccc(OC)c(Br)c2)cc1. The smallest absolute Gasteiger partial charge is 0.255 e. The summed E-state index contributed by atoms with van der Waals surface area (Å²) in [7, 11) is 1.59. The minimum atomic E-state index is -0.173. The van der Waals surface area contributed by atoms with Gasteiger partial charge in [-0.15, -0.1) is 0 Å². The number of carbonyl (C=O) groups excluding carboxylic acids is 1. The van der Waals surface area contributed by atoms with E-state index < -0.39 is 0 Å². The van der Waals surface area contributed by atoms with E-state index >= 15 is 0 Å². The lowest BCUT2D eigenvalue weighted by molar-refractivity contribution is 0.102. The molecule has 0 heterocycles. The summed E-state index contributed by atoms with van der Waals surface area (Å²) in [4.78, 5) is 12.3. The van der Waals surface area contributed by atoms with Crippen molar-refractivity contribution in [3.63, 3.8) is 0 Å². The van der Waals surface area contributed by atoms with Crippen molar-refractivity contribution in [1.82, 2.24) is 0 Å². The number of halogens is 1. The highest BCUT2D eigenvalue weighted by Gasteiger charge is 2.09. The van der Waals surface area contributed by atoms with Gasteiger partial charge in [0.2, 0.25) is 0 Å². The molecule has 0 aliphatic carbocycles. The fourth-order valence-electron chi connectivity index (χ4n) is 1.98. The van der Waals surface area contributed by atoms with Gasteiger partial charge in [0.15, 0.2) is 0 Å². The molecule has 0 aliphatic heterocycles. The van der Waals surface area contributed by atoms with E-state index in [1.807, 2.05) is 24.3 Å². The molecular formula is C18H20BrNO3. The van der Waals surface area contributed by atoms with Crippen LogP contribution in [0.2, 0.25) is 0 Å². The molecule has 122 valence electrons. The Hall–Kier alpha value is -2.01. The zero-order valence-corrected chi connectivity index (χ0v) is 14.9. The second-order valence-electron chi connectivity index (χ2n) is 5.03. The molecule has 0 saturated heterocycles. The normalized spacial score (nSPS) is 10.2. The number of benzene rings is 2. The van der Waals surface area contributed by atoms with Crippen molar-refractivity contribution in [2.45, 2.75) is 19.8 Å². The number of unbranched alkanes of at least 4 members (excludes halogenated alkanes) is 1. The molecule has 0 radical (unpaired) electrons. The Labute approximate surface area is 144 Å². The summed E-state index contributed by atoms with van der Waals surface area (Å²) >= 11 is 3.38. The lowest BCUT2D eigenvalue weighted by Crippen LogP contribution is -2.11. The molecule has 0 unspecified atom stereocenters. The highest BCUT2D eigenvalue weighted by atomic mass is 79.9. The van der Waals surface area contributed by atoms with Crippen molar-refractivity contribution < 1.29 is 14.3 Å². The summed E-state index contributed by atoms with van der Waals surface area (Å²) in [6.45, 7) is 2.83. The zero-order chi connectivity index (χ0) is 16.7. The molecule has 2 aromatic rings. The van der Waals surface area contributed by atoms with Crippen molar-refractivity contribution in [3.8, 4) is 11.5 Å². The highest BCUT2D eigenvalue weighted by Crippen LogP contribution is 2.26. The maximum atomic E-state index is 12.3. The summed E-state index contributed by atoms with van der Waals surface area (Å²) in [5.41, 5.74) is 1.28. The van der Waals surface area contributed by atoms with Gasteiger partial charge in [0, 0.05) is 11.3 Å². The Morgan fingerprint density at radius 2 is 1.91 bits per heavy atom. The Kier molecular flexibility index (Phi) is 6.47. The second-order valence-corrected chi connectivity index (χ2v) is 5.88. The lowest BCUT2D eigenvalue weighted by atomic mass is 10.2. The minimum Gasteiger partial charge on any atom is -0.496 e. The highest BCUT2D eigenvalue weighted by molar-refractivity contribution is 9.10. The number of hydrogen-bond donors (Lipinski definition) is 1. The van der Waals surface area contributed by atoms with E-state index in [1.165, 1.54) is 0 Å². The van der Waals surface area contributed by atoms with Crippen LogP contribution in [0.5, 0.6) is 11.5 Å². The van der Waals surface area contributed by atoms with E-state index in [4.69, 9.17) is 9.47 Å². The maximum absolute atomic E-state index is 12.3. The number of amides is 1. The average Bonchev–Trinajstić information content (AvgIpc) is 2.56. The van der Waals surface area contributed by atoms with E-state index in [2.05, 4.69) is 28.2 Å². The van der Waals surface area contributed by atoms with Crippen LogP contribution in [0.3, 0.4) is 0 Å². The van der Waals surface area contributed by atoms with Gasteiger partial charge in [0.1, 0.15) is 11.5 Å². The summed E-state index contributed by atoms with van der Waals surface area (Å²) in [6.07, 6.45) is 2.14. The standard InChI is InChI=1S/C18H20BrNO3/c1-3-4-11-23-15-8-6-14(7-9-15)20-18(21)13-5-10-17(22-2)16(19)12-13/h5-10,12H,3-4,11H2,1-2H3,(H,20,21). The van der Waals surface area contributed by atoms with Gasteiger partial charge in [0.25, 0.3) is 5.91 Å². The molecule has 2 aromatic carbocycles. The zero-order valence-electron chi connectivity index (χ0n) is 13.3. The van der Waals surface area contributed by atoms with Gasteiger partial charge in [-0.3, -0.25) is 4.79 Å². The summed E-state index contributed by atoms with van der Waals surface area (Å²) in [6, 6.07) is 12.6. The van der Waals surface area contributed by atoms with Crippen LogP contribution in [0.15, 0.2) is 46.9 Å². The maximum Gasteiger partial charge on any atom is 0.255 e. The number of ether oxygens (including phenoxy) is 2. The number of methoxy groups -OCH3 is 1. The van der Waals surface area contributed by atoms with Gasteiger partial charge >= 0.3 is 0 Å². The molecule has 0 spiro atoms. The number of nitrogens with one attached hydrogen (secondary N) is 1. The Balaban J connectivity index is 1.98. The van der Waals surface area contributed by atoms with Crippen LogP contribution in [-0.4, -0.2) is 19.6 Å².